The first-order valence-corrected chi connectivity index (χ1v) is 5.88. The average molecular weight is 230 g/mol. The van der Waals surface area contributed by atoms with Crippen molar-refractivity contribution in [2.24, 2.45) is 17.6 Å². The lowest BCUT2D eigenvalue weighted by Crippen LogP contribution is -2.41. The zero-order chi connectivity index (χ0) is 12.0. The van der Waals surface area contributed by atoms with E-state index >= 15 is 0 Å². The van der Waals surface area contributed by atoms with Crippen LogP contribution in [0.25, 0.3) is 0 Å². The lowest BCUT2D eigenvalue weighted by Gasteiger charge is -2.21. The number of rotatable bonds is 6. The monoisotopic (exact) mass is 230 g/mol. The fourth-order valence-electron chi connectivity index (χ4n) is 1.18. The van der Waals surface area contributed by atoms with Crippen molar-refractivity contribution in [1.29, 1.82) is 0 Å². The number of carbonyl (C=O) groups is 1. The van der Waals surface area contributed by atoms with Gasteiger partial charge in [0.25, 0.3) is 0 Å². The molecule has 4 heteroatoms. The first-order valence-electron chi connectivity index (χ1n) is 5.47. The molecule has 3 nitrogen and oxygen atoms in total. The molecule has 3 N–H and O–H groups in total. The van der Waals surface area contributed by atoms with Crippen LogP contribution in [-0.2, 0) is 4.79 Å². The van der Waals surface area contributed by atoms with Gasteiger partial charge in [0.1, 0.15) is 0 Å². The molecule has 15 heavy (non-hydrogen) atoms. The number of nitrogens with one attached hydrogen (secondary N) is 1. The molecule has 0 saturated carbocycles. The Bertz CT molecular complexity index is 229. The molecule has 0 radical (unpaired) electrons. The van der Waals surface area contributed by atoms with Crippen LogP contribution in [0.2, 0.25) is 0 Å². The van der Waals surface area contributed by atoms with Gasteiger partial charge in [-0.2, -0.15) is 0 Å². The van der Waals surface area contributed by atoms with E-state index in [1.807, 2.05) is 27.7 Å². The Labute approximate surface area is 97.8 Å². The summed E-state index contributed by atoms with van der Waals surface area (Å²) < 4.78 is 0. The second-order valence-electron chi connectivity index (χ2n) is 4.32. The van der Waals surface area contributed by atoms with Crippen molar-refractivity contribution >= 4 is 23.1 Å². The molecule has 88 valence electrons. The summed E-state index contributed by atoms with van der Waals surface area (Å²) in [6.45, 7) is 8.04. The highest BCUT2D eigenvalue weighted by Crippen LogP contribution is 2.10. The first kappa shape index (κ1) is 14.4. The van der Waals surface area contributed by atoms with E-state index in [2.05, 4.69) is 5.32 Å². The Hall–Kier alpha value is -0.640. The number of hydrogen-bond acceptors (Lipinski definition) is 2. The van der Waals surface area contributed by atoms with Crippen LogP contribution in [0.5, 0.6) is 0 Å². The van der Waals surface area contributed by atoms with Crippen LogP contribution < -0.4 is 11.1 Å². The Morgan fingerprint density at radius 2 is 1.93 bits per heavy atom. The zero-order valence-corrected chi connectivity index (χ0v) is 10.9. The molecular formula is C11H22N2OS. The van der Waals surface area contributed by atoms with E-state index in [1.54, 1.807) is 0 Å². The van der Waals surface area contributed by atoms with Gasteiger partial charge < -0.3 is 11.1 Å². The predicted molar refractivity (Wildman–Crippen MR) is 67.6 cm³/mol. The molecule has 0 rings (SSSR count). The highest BCUT2D eigenvalue weighted by Gasteiger charge is 2.19. The molecule has 0 aromatic carbocycles. The molecule has 0 aliphatic carbocycles. The second kappa shape index (κ2) is 6.77. The first-order chi connectivity index (χ1) is 6.88. The summed E-state index contributed by atoms with van der Waals surface area (Å²) in [7, 11) is 0. The van der Waals surface area contributed by atoms with E-state index in [1.165, 1.54) is 0 Å². The van der Waals surface area contributed by atoms with Crippen LogP contribution >= 0.6 is 12.2 Å². The smallest absolute Gasteiger partial charge is 0.223 e. The summed E-state index contributed by atoms with van der Waals surface area (Å²) >= 11 is 4.83. The molecule has 0 aliphatic rings. The Morgan fingerprint density at radius 1 is 1.40 bits per heavy atom. The van der Waals surface area contributed by atoms with E-state index in [4.69, 9.17) is 18.0 Å². The van der Waals surface area contributed by atoms with Gasteiger partial charge >= 0.3 is 0 Å². The molecule has 0 bridgehead atoms. The molecular weight excluding hydrogens is 208 g/mol. The molecule has 0 spiro atoms. The zero-order valence-electron chi connectivity index (χ0n) is 10.0. The van der Waals surface area contributed by atoms with Crippen molar-refractivity contribution in [3.63, 3.8) is 0 Å². The van der Waals surface area contributed by atoms with Gasteiger partial charge in [-0.05, 0) is 12.3 Å². The predicted octanol–water partition coefficient (Wildman–Crippen LogP) is 1.85. The highest BCUT2D eigenvalue weighted by atomic mass is 32.1. The van der Waals surface area contributed by atoms with E-state index < -0.39 is 0 Å². The van der Waals surface area contributed by atoms with E-state index in [0.29, 0.717) is 17.3 Å². The topological polar surface area (TPSA) is 55.1 Å². The molecule has 0 saturated heterocycles. The van der Waals surface area contributed by atoms with Gasteiger partial charge in [0.05, 0.1) is 4.99 Å². The van der Waals surface area contributed by atoms with Gasteiger partial charge in [-0.25, -0.2) is 0 Å². The summed E-state index contributed by atoms with van der Waals surface area (Å²) in [6.07, 6.45) is 1.44. The number of hydrogen-bond donors (Lipinski definition) is 2. The average Bonchev–Trinajstić information content (AvgIpc) is 2.14. The largest absolute Gasteiger partial charge is 0.393 e. The van der Waals surface area contributed by atoms with Gasteiger partial charge in [-0.15, -0.1) is 0 Å². The van der Waals surface area contributed by atoms with Crippen molar-refractivity contribution in [2.75, 3.05) is 0 Å². The van der Waals surface area contributed by atoms with Crippen molar-refractivity contribution < 1.29 is 4.79 Å². The molecule has 0 aromatic rings. The van der Waals surface area contributed by atoms with Crippen LogP contribution in [0.15, 0.2) is 0 Å². The second-order valence-corrected chi connectivity index (χ2v) is 4.84. The summed E-state index contributed by atoms with van der Waals surface area (Å²) in [5, 5.41) is 2.97. The molecule has 2 unspecified atom stereocenters. The minimum Gasteiger partial charge on any atom is -0.393 e. The van der Waals surface area contributed by atoms with Crippen molar-refractivity contribution in [3.05, 3.63) is 0 Å². The fourth-order valence-corrected chi connectivity index (χ4v) is 1.38. The lowest BCUT2D eigenvalue weighted by atomic mass is 9.96. The Morgan fingerprint density at radius 3 is 2.27 bits per heavy atom. The van der Waals surface area contributed by atoms with Crippen LogP contribution in [0.4, 0.5) is 0 Å². The molecule has 2 atom stereocenters. The summed E-state index contributed by atoms with van der Waals surface area (Å²) in [6, 6.07) is 0.0798. The lowest BCUT2D eigenvalue weighted by molar-refractivity contribution is -0.126. The Kier molecular flexibility index (Phi) is 6.48. The normalized spacial score (nSPS) is 14.7. The van der Waals surface area contributed by atoms with Crippen molar-refractivity contribution in [2.45, 2.75) is 46.6 Å². The third-order valence-corrected chi connectivity index (χ3v) is 2.87. The molecule has 1 amide bonds. The number of thiocarbonyl (C=S) groups is 1. The van der Waals surface area contributed by atoms with Crippen molar-refractivity contribution in [1.82, 2.24) is 5.32 Å². The standard InChI is InChI=1S/C11H22N2OS/c1-5-9(6-10(12)15)13-11(14)8(4)7(2)3/h7-9H,5-6H2,1-4H3,(H2,12,15)(H,13,14). The van der Waals surface area contributed by atoms with Gasteiger partial charge in [0, 0.05) is 18.4 Å². The van der Waals surface area contributed by atoms with Crippen LogP contribution in [0, 0.1) is 11.8 Å². The quantitative estimate of drug-likeness (QED) is 0.685. The minimum absolute atomic E-state index is 0.0328. The SMILES string of the molecule is CCC(CC(N)=S)NC(=O)C(C)C(C)C. The third kappa shape index (κ3) is 5.72. The third-order valence-electron chi connectivity index (χ3n) is 2.70. The van der Waals surface area contributed by atoms with Gasteiger partial charge in [-0.1, -0.05) is 39.9 Å². The van der Waals surface area contributed by atoms with Crippen LogP contribution in [0.1, 0.15) is 40.5 Å². The van der Waals surface area contributed by atoms with Gasteiger partial charge in [0.15, 0.2) is 0 Å². The van der Waals surface area contributed by atoms with E-state index in [9.17, 15) is 4.79 Å². The number of nitrogens with two attached hydrogens (primary N) is 1. The van der Waals surface area contributed by atoms with Gasteiger partial charge in [0.2, 0.25) is 5.91 Å². The maximum absolute atomic E-state index is 11.7. The fraction of sp³-hybridized carbons (Fsp3) is 0.818. The maximum atomic E-state index is 11.7. The summed E-state index contributed by atoms with van der Waals surface area (Å²) in [5.74, 6) is 0.478. The number of amides is 1. The minimum atomic E-state index is 0.0328. The summed E-state index contributed by atoms with van der Waals surface area (Å²) in [5.41, 5.74) is 5.46. The molecule has 0 aromatic heterocycles. The van der Waals surface area contributed by atoms with Gasteiger partial charge in [-0.3, -0.25) is 4.79 Å². The molecule has 0 aliphatic heterocycles. The Balaban J connectivity index is 4.18. The van der Waals surface area contributed by atoms with E-state index in [0.717, 1.165) is 6.42 Å². The van der Waals surface area contributed by atoms with E-state index in [-0.39, 0.29) is 17.9 Å². The van der Waals surface area contributed by atoms with Crippen LogP contribution in [-0.4, -0.2) is 16.9 Å². The number of carbonyl (C=O) groups excluding carboxylic acids is 1. The molecule has 0 heterocycles. The highest BCUT2D eigenvalue weighted by molar-refractivity contribution is 7.80. The van der Waals surface area contributed by atoms with Crippen LogP contribution in [0.3, 0.4) is 0 Å². The maximum Gasteiger partial charge on any atom is 0.223 e. The molecule has 0 fully saturated rings. The summed E-state index contributed by atoms with van der Waals surface area (Å²) in [4.78, 5) is 12.2. The van der Waals surface area contributed by atoms with Crippen molar-refractivity contribution in [3.8, 4) is 0 Å².